The molecule has 0 radical (unpaired) electrons. The van der Waals surface area contributed by atoms with Gasteiger partial charge >= 0.3 is 0 Å². The summed E-state index contributed by atoms with van der Waals surface area (Å²) < 4.78 is 11.0. The molecule has 0 bridgehead atoms. The van der Waals surface area contributed by atoms with E-state index in [1.54, 1.807) is 43.8 Å². The summed E-state index contributed by atoms with van der Waals surface area (Å²) in [7, 11) is 3.27. The van der Waals surface area contributed by atoms with Crippen LogP contribution in [0.4, 0.5) is 5.69 Å². The van der Waals surface area contributed by atoms with Crippen LogP contribution >= 0.6 is 11.3 Å². The molecule has 1 atom stereocenters. The van der Waals surface area contributed by atoms with E-state index >= 15 is 0 Å². The molecule has 7 heteroatoms. The Hall–Kier alpha value is -3.34. The highest BCUT2D eigenvalue weighted by Crippen LogP contribution is 2.42. The molecule has 1 aromatic heterocycles. The molecule has 2 heterocycles. The number of hydrogen-bond donors (Lipinski definition) is 1. The van der Waals surface area contributed by atoms with Gasteiger partial charge in [-0.3, -0.25) is 9.69 Å². The Balaban J connectivity index is 1.64. The fourth-order valence-corrected chi connectivity index (χ4v) is 4.89. The molecule has 0 spiro atoms. The normalized spacial score (nSPS) is 15.6. The van der Waals surface area contributed by atoms with Crippen molar-refractivity contribution in [2.75, 3.05) is 32.6 Å². The summed E-state index contributed by atoms with van der Waals surface area (Å²) in [5, 5.41) is 14.2. The predicted molar refractivity (Wildman–Crippen MR) is 121 cm³/mol. The average Bonchev–Trinajstić information content (AvgIpc) is 3.32. The Labute approximate surface area is 185 Å². The van der Waals surface area contributed by atoms with E-state index in [0.717, 1.165) is 18.5 Å². The van der Waals surface area contributed by atoms with Crippen molar-refractivity contribution in [1.82, 2.24) is 4.90 Å². The SMILES string of the molecule is COc1cc2c(cc1OC)[C@H](c1cccs1)N(CC(=O)Nc1ccccc1C#N)CC2. The number of carbonyl (C=O) groups is 1. The van der Waals surface area contributed by atoms with Gasteiger partial charge in [0, 0.05) is 11.4 Å². The first-order valence-corrected chi connectivity index (χ1v) is 10.8. The third-order valence-electron chi connectivity index (χ3n) is 5.45. The monoisotopic (exact) mass is 433 g/mol. The number of para-hydroxylation sites is 1. The molecule has 1 amide bonds. The first-order valence-electron chi connectivity index (χ1n) is 9.95. The van der Waals surface area contributed by atoms with Gasteiger partial charge in [-0.05, 0) is 53.3 Å². The minimum Gasteiger partial charge on any atom is -0.493 e. The van der Waals surface area contributed by atoms with Crippen LogP contribution in [0.2, 0.25) is 0 Å². The molecule has 1 N–H and O–H groups in total. The van der Waals surface area contributed by atoms with Crippen molar-refractivity contribution in [2.45, 2.75) is 12.5 Å². The van der Waals surface area contributed by atoms with E-state index in [0.29, 0.717) is 22.7 Å². The molecule has 158 valence electrons. The number of benzene rings is 2. The highest BCUT2D eigenvalue weighted by Gasteiger charge is 2.32. The van der Waals surface area contributed by atoms with Crippen molar-refractivity contribution in [3.63, 3.8) is 0 Å². The molecule has 0 unspecified atom stereocenters. The van der Waals surface area contributed by atoms with Crippen LogP contribution in [-0.4, -0.2) is 38.1 Å². The van der Waals surface area contributed by atoms with Crippen LogP contribution in [0.3, 0.4) is 0 Å². The van der Waals surface area contributed by atoms with Gasteiger partial charge in [0.2, 0.25) is 5.91 Å². The summed E-state index contributed by atoms with van der Waals surface area (Å²) >= 11 is 1.67. The number of hydrogen-bond acceptors (Lipinski definition) is 6. The van der Waals surface area contributed by atoms with E-state index < -0.39 is 0 Å². The Morgan fingerprint density at radius 1 is 1.19 bits per heavy atom. The zero-order valence-electron chi connectivity index (χ0n) is 17.4. The van der Waals surface area contributed by atoms with Crippen molar-refractivity contribution >= 4 is 22.9 Å². The maximum atomic E-state index is 12.9. The van der Waals surface area contributed by atoms with Crippen LogP contribution in [0, 0.1) is 11.3 Å². The summed E-state index contributed by atoms with van der Waals surface area (Å²) in [5.41, 5.74) is 3.30. The zero-order valence-corrected chi connectivity index (χ0v) is 18.2. The van der Waals surface area contributed by atoms with E-state index in [9.17, 15) is 10.1 Å². The second-order valence-corrected chi connectivity index (χ2v) is 8.23. The number of ether oxygens (including phenoxy) is 2. The van der Waals surface area contributed by atoms with E-state index in [4.69, 9.17) is 9.47 Å². The molecule has 0 saturated carbocycles. The summed E-state index contributed by atoms with van der Waals surface area (Å²) in [6, 6.07) is 17.3. The molecule has 1 aliphatic heterocycles. The van der Waals surface area contributed by atoms with Crippen molar-refractivity contribution in [3.05, 3.63) is 75.5 Å². The minimum absolute atomic E-state index is 0.0551. The lowest BCUT2D eigenvalue weighted by atomic mass is 9.91. The molecular weight excluding hydrogens is 410 g/mol. The Kier molecular flexibility index (Phi) is 6.21. The third-order valence-corrected chi connectivity index (χ3v) is 6.38. The molecule has 1 aliphatic rings. The lowest BCUT2D eigenvalue weighted by molar-refractivity contribution is -0.117. The van der Waals surface area contributed by atoms with Crippen LogP contribution in [0.25, 0.3) is 0 Å². The van der Waals surface area contributed by atoms with Crippen LogP contribution in [-0.2, 0) is 11.2 Å². The van der Waals surface area contributed by atoms with E-state index in [1.165, 1.54) is 10.4 Å². The third kappa shape index (κ3) is 4.26. The van der Waals surface area contributed by atoms with Gasteiger partial charge in [0.15, 0.2) is 11.5 Å². The Bertz CT molecular complexity index is 1120. The Morgan fingerprint density at radius 3 is 2.68 bits per heavy atom. The summed E-state index contributed by atoms with van der Waals surface area (Å²) in [6.45, 7) is 0.953. The van der Waals surface area contributed by atoms with E-state index in [2.05, 4.69) is 22.4 Å². The van der Waals surface area contributed by atoms with Gasteiger partial charge < -0.3 is 14.8 Å². The number of nitriles is 1. The van der Waals surface area contributed by atoms with Crippen LogP contribution < -0.4 is 14.8 Å². The van der Waals surface area contributed by atoms with Gasteiger partial charge in [-0.1, -0.05) is 18.2 Å². The number of fused-ring (bicyclic) bond motifs is 1. The molecular formula is C24H23N3O3S. The molecule has 3 aromatic rings. The van der Waals surface area contributed by atoms with Crippen LogP contribution in [0.5, 0.6) is 11.5 Å². The quantitative estimate of drug-likeness (QED) is 0.630. The lowest BCUT2D eigenvalue weighted by Crippen LogP contribution is -2.41. The highest BCUT2D eigenvalue weighted by atomic mass is 32.1. The standard InChI is InChI=1S/C24H23N3O3S/c1-29-20-12-16-9-10-27(15-23(28)26-19-7-4-3-6-17(19)14-25)24(22-8-5-11-31-22)18(16)13-21(20)30-2/h3-8,11-13,24H,9-10,15H2,1-2H3,(H,26,28)/t24-/m1/s1. The smallest absolute Gasteiger partial charge is 0.238 e. The van der Waals surface area contributed by atoms with Gasteiger partial charge in [0.05, 0.1) is 38.1 Å². The number of anilines is 1. The van der Waals surface area contributed by atoms with Crippen molar-refractivity contribution < 1.29 is 14.3 Å². The number of thiophene rings is 1. The number of amides is 1. The van der Waals surface area contributed by atoms with Gasteiger partial charge in [-0.25, -0.2) is 0 Å². The number of rotatable bonds is 6. The average molecular weight is 434 g/mol. The maximum absolute atomic E-state index is 12.9. The van der Waals surface area contributed by atoms with Crippen molar-refractivity contribution in [2.24, 2.45) is 0 Å². The minimum atomic E-state index is -0.145. The summed E-state index contributed by atoms with van der Waals surface area (Å²) in [6.07, 6.45) is 0.805. The van der Waals surface area contributed by atoms with Crippen molar-refractivity contribution in [1.29, 1.82) is 5.26 Å². The molecule has 31 heavy (non-hydrogen) atoms. The fourth-order valence-electron chi connectivity index (χ4n) is 4.01. The maximum Gasteiger partial charge on any atom is 0.238 e. The lowest BCUT2D eigenvalue weighted by Gasteiger charge is -2.37. The number of nitrogens with one attached hydrogen (secondary N) is 1. The summed E-state index contributed by atoms with van der Waals surface area (Å²) in [5.74, 6) is 1.25. The van der Waals surface area contributed by atoms with Crippen molar-refractivity contribution in [3.8, 4) is 17.6 Å². The second-order valence-electron chi connectivity index (χ2n) is 7.25. The van der Waals surface area contributed by atoms with Crippen LogP contribution in [0.1, 0.15) is 27.6 Å². The first kappa shape index (κ1) is 20.9. The number of nitrogens with zero attached hydrogens (tertiary/aromatic N) is 2. The molecule has 6 nitrogen and oxygen atoms in total. The van der Waals surface area contributed by atoms with Gasteiger partial charge in [-0.15, -0.1) is 11.3 Å². The molecule has 4 rings (SSSR count). The summed E-state index contributed by atoms with van der Waals surface area (Å²) in [4.78, 5) is 16.2. The zero-order chi connectivity index (χ0) is 21.8. The fraction of sp³-hybridized carbons (Fsp3) is 0.250. The molecule has 0 fully saturated rings. The van der Waals surface area contributed by atoms with E-state index in [-0.39, 0.29) is 18.5 Å². The van der Waals surface area contributed by atoms with E-state index in [1.807, 2.05) is 29.6 Å². The molecule has 2 aromatic carbocycles. The largest absolute Gasteiger partial charge is 0.493 e. The van der Waals surface area contributed by atoms with Gasteiger partial charge in [-0.2, -0.15) is 5.26 Å². The predicted octanol–water partition coefficient (Wildman–Crippen LogP) is 4.22. The topological polar surface area (TPSA) is 74.6 Å². The van der Waals surface area contributed by atoms with Gasteiger partial charge in [0.25, 0.3) is 0 Å². The second kappa shape index (κ2) is 9.21. The number of methoxy groups -OCH3 is 2. The van der Waals surface area contributed by atoms with Crippen LogP contribution in [0.15, 0.2) is 53.9 Å². The Morgan fingerprint density at radius 2 is 1.97 bits per heavy atom. The van der Waals surface area contributed by atoms with Gasteiger partial charge in [0.1, 0.15) is 6.07 Å². The molecule has 0 saturated heterocycles. The first-order chi connectivity index (χ1) is 15.1. The highest BCUT2D eigenvalue weighted by molar-refractivity contribution is 7.10. The molecule has 0 aliphatic carbocycles. The number of carbonyl (C=O) groups excluding carboxylic acids is 1.